The smallest absolute Gasteiger partial charge is 0.230 e. The molecule has 0 aliphatic heterocycles. The van der Waals surface area contributed by atoms with E-state index in [0.29, 0.717) is 18.0 Å². The molecular weight excluding hydrogens is 302 g/mol. The lowest BCUT2D eigenvalue weighted by Crippen LogP contribution is -2.27. The molecule has 0 spiro atoms. The van der Waals surface area contributed by atoms with Crippen LogP contribution in [0.3, 0.4) is 0 Å². The van der Waals surface area contributed by atoms with Gasteiger partial charge in [-0.15, -0.1) is 23.5 Å². The Labute approximate surface area is 132 Å². The highest BCUT2D eigenvalue weighted by Crippen LogP contribution is 2.23. The number of carbonyl (C=O) groups excluding carboxylic acids is 1. The maximum atomic E-state index is 11.7. The van der Waals surface area contributed by atoms with Crippen LogP contribution in [0.5, 0.6) is 0 Å². The minimum Gasteiger partial charge on any atom is -0.397 e. The molecule has 0 saturated carbocycles. The molecular formula is C15H17N3OS2. The summed E-state index contributed by atoms with van der Waals surface area (Å²) in [4.78, 5) is 17.8. The first-order valence-corrected chi connectivity index (χ1v) is 8.49. The fourth-order valence-corrected chi connectivity index (χ4v) is 3.15. The van der Waals surface area contributed by atoms with Gasteiger partial charge in [-0.05, 0) is 18.2 Å². The Morgan fingerprint density at radius 1 is 1.19 bits per heavy atom. The van der Waals surface area contributed by atoms with E-state index in [1.54, 1.807) is 24.2 Å². The number of anilines is 1. The predicted molar refractivity (Wildman–Crippen MR) is 89.5 cm³/mol. The highest BCUT2D eigenvalue weighted by molar-refractivity contribution is 8.00. The van der Waals surface area contributed by atoms with Crippen LogP contribution in [0.4, 0.5) is 5.69 Å². The molecule has 0 aliphatic carbocycles. The van der Waals surface area contributed by atoms with Crippen molar-refractivity contribution < 1.29 is 4.79 Å². The summed E-state index contributed by atoms with van der Waals surface area (Å²) in [5.41, 5.74) is 6.38. The van der Waals surface area contributed by atoms with Crippen molar-refractivity contribution in [3.05, 3.63) is 48.8 Å². The van der Waals surface area contributed by atoms with Crippen LogP contribution in [0.25, 0.3) is 0 Å². The van der Waals surface area contributed by atoms with Crippen molar-refractivity contribution in [1.82, 2.24) is 10.3 Å². The van der Waals surface area contributed by atoms with Crippen molar-refractivity contribution in [3.63, 3.8) is 0 Å². The number of rotatable bonds is 7. The average molecular weight is 319 g/mol. The quantitative estimate of drug-likeness (QED) is 0.606. The highest BCUT2D eigenvalue weighted by Gasteiger charge is 2.04. The summed E-state index contributed by atoms with van der Waals surface area (Å²) in [6.07, 6.45) is 3.27. The Kier molecular flexibility index (Phi) is 6.43. The third-order valence-corrected chi connectivity index (χ3v) is 4.71. The molecule has 2 rings (SSSR count). The van der Waals surface area contributed by atoms with Gasteiger partial charge in [-0.3, -0.25) is 9.78 Å². The molecule has 0 aliphatic rings. The second kappa shape index (κ2) is 8.59. The Morgan fingerprint density at radius 2 is 2.00 bits per heavy atom. The molecule has 0 saturated heterocycles. The zero-order valence-corrected chi connectivity index (χ0v) is 13.1. The number of thioether (sulfide) groups is 2. The van der Waals surface area contributed by atoms with Crippen LogP contribution in [0.15, 0.2) is 58.6 Å². The van der Waals surface area contributed by atoms with Crippen LogP contribution in [0, 0.1) is 0 Å². The van der Waals surface area contributed by atoms with Crippen molar-refractivity contribution >= 4 is 35.1 Å². The van der Waals surface area contributed by atoms with Gasteiger partial charge in [0.05, 0.1) is 17.6 Å². The SMILES string of the molecule is Nc1cnccc1SCC(=O)NCCSc1ccccc1. The highest BCUT2D eigenvalue weighted by atomic mass is 32.2. The van der Waals surface area contributed by atoms with E-state index in [2.05, 4.69) is 22.4 Å². The Balaban J connectivity index is 1.63. The summed E-state index contributed by atoms with van der Waals surface area (Å²) in [5.74, 6) is 1.24. The van der Waals surface area contributed by atoms with Crippen LogP contribution >= 0.6 is 23.5 Å². The van der Waals surface area contributed by atoms with Gasteiger partial charge in [-0.25, -0.2) is 0 Å². The third kappa shape index (κ3) is 5.69. The number of nitrogen functional groups attached to an aromatic ring is 1. The number of benzene rings is 1. The fraction of sp³-hybridized carbons (Fsp3) is 0.200. The molecule has 21 heavy (non-hydrogen) atoms. The van der Waals surface area contributed by atoms with Gasteiger partial charge in [-0.2, -0.15) is 0 Å². The third-order valence-electron chi connectivity index (χ3n) is 2.61. The lowest BCUT2D eigenvalue weighted by Gasteiger charge is -2.06. The molecule has 0 unspecified atom stereocenters. The van der Waals surface area contributed by atoms with Gasteiger partial charge in [0, 0.05) is 28.3 Å². The first kappa shape index (κ1) is 15.7. The molecule has 1 amide bonds. The second-order valence-electron chi connectivity index (χ2n) is 4.21. The van der Waals surface area contributed by atoms with Crippen molar-refractivity contribution in [2.45, 2.75) is 9.79 Å². The zero-order chi connectivity index (χ0) is 14.9. The van der Waals surface area contributed by atoms with E-state index in [9.17, 15) is 4.79 Å². The first-order chi connectivity index (χ1) is 10.3. The summed E-state index contributed by atoms with van der Waals surface area (Å²) in [5, 5.41) is 2.91. The van der Waals surface area contributed by atoms with Crippen LogP contribution in [-0.2, 0) is 4.79 Å². The van der Waals surface area contributed by atoms with Gasteiger partial charge in [0.15, 0.2) is 0 Å². The number of nitrogens with two attached hydrogens (primary N) is 1. The van der Waals surface area contributed by atoms with Crippen LogP contribution < -0.4 is 11.1 Å². The molecule has 1 heterocycles. The molecule has 1 aromatic heterocycles. The van der Waals surface area contributed by atoms with E-state index in [1.807, 2.05) is 24.3 Å². The van der Waals surface area contributed by atoms with Gasteiger partial charge in [0.2, 0.25) is 5.91 Å². The summed E-state index contributed by atoms with van der Waals surface area (Å²) in [6.45, 7) is 0.658. The number of amides is 1. The van der Waals surface area contributed by atoms with Crippen molar-refractivity contribution in [1.29, 1.82) is 0 Å². The van der Waals surface area contributed by atoms with Crippen molar-refractivity contribution in [2.75, 3.05) is 23.8 Å². The second-order valence-corrected chi connectivity index (χ2v) is 6.40. The summed E-state index contributed by atoms with van der Waals surface area (Å²) in [7, 11) is 0. The lowest BCUT2D eigenvalue weighted by atomic mass is 10.4. The number of hydrogen-bond donors (Lipinski definition) is 2. The number of nitrogens with one attached hydrogen (secondary N) is 1. The molecule has 1 aromatic carbocycles. The molecule has 0 bridgehead atoms. The minimum atomic E-state index is 0.0184. The number of pyridine rings is 1. The molecule has 0 fully saturated rings. The van der Waals surface area contributed by atoms with Crippen LogP contribution in [-0.4, -0.2) is 28.9 Å². The molecule has 0 atom stereocenters. The number of aromatic nitrogens is 1. The van der Waals surface area contributed by atoms with Gasteiger partial charge >= 0.3 is 0 Å². The lowest BCUT2D eigenvalue weighted by molar-refractivity contribution is -0.118. The van der Waals surface area contributed by atoms with Crippen molar-refractivity contribution in [3.8, 4) is 0 Å². The first-order valence-electron chi connectivity index (χ1n) is 6.52. The van der Waals surface area contributed by atoms with Gasteiger partial charge in [0.1, 0.15) is 0 Å². The molecule has 0 radical (unpaired) electrons. The molecule has 110 valence electrons. The summed E-state index contributed by atoms with van der Waals surface area (Å²) >= 11 is 3.16. The van der Waals surface area contributed by atoms with E-state index in [0.717, 1.165) is 10.6 Å². The van der Waals surface area contributed by atoms with Gasteiger partial charge < -0.3 is 11.1 Å². The number of hydrogen-bond acceptors (Lipinski definition) is 5. The van der Waals surface area contributed by atoms with Crippen LogP contribution in [0.2, 0.25) is 0 Å². The topological polar surface area (TPSA) is 68.0 Å². The van der Waals surface area contributed by atoms with Gasteiger partial charge in [-0.1, -0.05) is 18.2 Å². The molecule has 4 nitrogen and oxygen atoms in total. The zero-order valence-electron chi connectivity index (χ0n) is 11.5. The maximum Gasteiger partial charge on any atom is 0.230 e. The summed E-state index contributed by atoms with van der Waals surface area (Å²) < 4.78 is 0. The fourth-order valence-electron chi connectivity index (χ4n) is 1.60. The normalized spacial score (nSPS) is 10.3. The summed E-state index contributed by atoms with van der Waals surface area (Å²) in [6, 6.07) is 12.0. The molecule has 2 aromatic rings. The maximum absolute atomic E-state index is 11.7. The van der Waals surface area contributed by atoms with E-state index < -0.39 is 0 Å². The Bertz CT molecular complexity index is 578. The molecule has 6 heteroatoms. The van der Waals surface area contributed by atoms with E-state index in [1.165, 1.54) is 16.7 Å². The largest absolute Gasteiger partial charge is 0.397 e. The van der Waals surface area contributed by atoms with E-state index in [-0.39, 0.29) is 5.91 Å². The number of carbonyl (C=O) groups is 1. The molecule has 3 N–H and O–H groups in total. The average Bonchev–Trinajstić information content (AvgIpc) is 2.52. The minimum absolute atomic E-state index is 0.0184. The Morgan fingerprint density at radius 3 is 2.76 bits per heavy atom. The van der Waals surface area contributed by atoms with Crippen molar-refractivity contribution in [2.24, 2.45) is 0 Å². The number of nitrogens with zero attached hydrogens (tertiary/aromatic N) is 1. The predicted octanol–water partition coefficient (Wildman–Crippen LogP) is 2.66. The van der Waals surface area contributed by atoms with E-state index in [4.69, 9.17) is 5.73 Å². The standard InChI is InChI=1S/C15H17N3OS2/c16-13-10-17-7-6-14(13)21-11-15(19)18-8-9-20-12-4-2-1-3-5-12/h1-7,10H,8-9,11,16H2,(H,18,19). The monoisotopic (exact) mass is 319 g/mol. The van der Waals surface area contributed by atoms with E-state index >= 15 is 0 Å². The van der Waals surface area contributed by atoms with Crippen LogP contribution in [0.1, 0.15) is 0 Å². The van der Waals surface area contributed by atoms with Gasteiger partial charge in [0.25, 0.3) is 0 Å². The Hall–Kier alpha value is -1.66.